The van der Waals surface area contributed by atoms with Crippen LogP contribution >= 0.6 is 0 Å². The summed E-state index contributed by atoms with van der Waals surface area (Å²) >= 11 is 0. The van der Waals surface area contributed by atoms with Gasteiger partial charge in [-0.3, -0.25) is 0 Å². The molecule has 112 valence electrons. The lowest BCUT2D eigenvalue weighted by Gasteiger charge is -2.15. The fourth-order valence-electron chi connectivity index (χ4n) is 1.95. The molecule has 2 aromatic carbocycles. The number of benzene rings is 2. The van der Waals surface area contributed by atoms with Crippen molar-refractivity contribution in [2.75, 3.05) is 12.4 Å². The van der Waals surface area contributed by atoms with Crippen molar-refractivity contribution in [3.8, 4) is 11.5 Å². The van der Waals surface area contributed by atoms with Gasteiger partial charge in [0.2, 0.25) is 0 Å². The van der Waals surface area contributed by atoms with Crippen LogP contribution in [0.2, 0.25) is 0 Å². The quantitative estimate of drug-likeness (QED) is 0.863. The summed E-state index contributed by atoms with van der Waals surface area (Å²) in [6.45, 7) is 4.58. The summed E-state index contributed by atoms with van der Waals surface area (Å²) in [5.41, 5.74) is 1.94. The Kier molecular flexibility index (Phi) is 5.04. The number of halogens is 1. The second kappa shape index (κ2) is 6.97. The third-order valence-corrected chi connectivity index (χ3v) is 2.93. The van der Waals surface area contributed by atoms with Crippen molar-refractivity contribution in [2.24, 2.45) is 0 Å². The van der Waals surface area contributed by atoms with E-state index in [0.29, 0.717) is 12.3 Å². The number of nitrogens with one attached hydrogen (secondary N) is 1. The van der Waals surface area contributed by atoms with Gasteiger partial charge in [-0.05, 0) is 55.8 Å². The Morgan fingerprint density at radius 1 is 1.05 bits per heavy atom. The molecule has 0 saturated heterocycles. The summed E-state index contributed by atoms with van der Waals surface area (Å²) in [5.74, 6) is 1.21. The van der Waals surface area contributed by atoms with Crippen molar-refractivity contribution < 1.29 is 13.9 Å². The van der Waals surface area contributed by atoms with E-state index < -0.39 is 0 Å². The van der Waals surface area contributed by atoms with Gasteiger partial charge in [0.25, 0.3) is 0 Å². The fourth-order valence-corrected chi connectivity index (χ4v) is 1.95. The van der Waals surface area contributed by atoms with Crippen molar-refractivity contribution in [1.82, 2.24) is 0 Å². The minimum Gasteiger partial charge on any atom is -0.493 e. The van der Waals surface area contributed by atoms with Crippen molar-refractivity contribution >= 4 is 5.69 Å². The summed E-state index contributed by atoms with van der Waals surface area (Å²) in [6, 6.07) is 12.1. The molecule has 0 amide bonds. The van der Waals surface area contributed by atoms with Crippen LogP contribution in [0, 0.1) is 5.82 Å². The zero-order valence-electron chi connectivity index (χ0n) is 12.5. The summed E-state index contributed by atoms with van der Waals surface area (Å²) < 4.78 is 23.9. The van der Waals surface area contributed by atoms with E-state index in [1.165, 1.54) is 12.1 Å². The average Bonchev–Trinajstić information content (AvgIpc) is 2.47. The molecule has 0 atom stereocenters. The number of ether oxygens (including phenoxy) is 2. The third-order valence-electron chi connectivity index (χ3n) is 2.93. The zero-order chi connectivity index (χ0) is 15.2. The van der Waals surface area contributed by atoms with Crippen molar-refractivity contribution in [3.05, 3.63) is 53.8 Å². The first-order valence-corrected chi connectivity index (χ1v) is 6.91. The molecule has 0 aromatic heterocycles. The van der Waals surface area contributed by atoms with E-state index >= 15 is 0 Å². The van der Waals surface area contributed by atoms with Crippen LogP contribution in [0.15, 0.2) is 42.5 Å². The van der Waals surface area contributed by atoms with E-state index in [0.717, 1.165) is 17.0 Å². The lowest BCUT2D eigenvalue weighted by molar-refractivity contribution is 0.230. The molecule has 0 heterocycles. The van der Waals surface area contributed by atoms with Crippen LogP contribution in [0.25, 0.3) is 0 Å². The van der Waals surface area contributed by atoms with Gasteiger partial charge in [0.15, 0.2) is 11.5 Å². The Bertz CT molecular complexity index is 582. The van der Waals surface area contributed by atoms with E-state index in [9.17, 15) is 4.39 Å². The van der Waals surface area contributed by atoms with E-state index in [2.05, 4.69) is 5.32 Å². The van der Waals surface area contributed by atoms with E-state index in [1.54, 1.807) is 19.2 Å². The monoisotopic (exact) mass is 289 g/mol. The lowest BCUT2D eigenvalue weighted by Crippen LogP contribution is -2.07. The molecule has 0 aliphatic carbocycles. The van der Waals surface area contributed by atoms with E-state index in [-0.39, 0.29) is 11.9 Å². The standard InChI is InChI=1S/C17H20FNO2/c1-12(2)21-16-9-4-13(10-17(16)20-3)11-19-15-7-5-14(18)6-8-15/h4-10,12,19H,11H2,1-3H3. The number of hydrogen-bond acceptors (Lipinski definition) is 3. The number of hydrogen-bond donors (Lipinski definition) is 1. The number of anilines is 1. The van der Waals surface area contributed by atoms with Gasteiger partial charge in [0.1, 0.15) is 5.82 Å². The molecular weight excluding hydrogens is 269 g/mol. The van der Waals surface area contributed by atoms with Crippen LogP contribution in [0.5, 0.6) is 11.5 Å². The highest BCUT2D eigenvalue weighted by molar-refractivity contribution is 5.46. The first-order chi connectivity index (χ1) is 10.1. The molecular formula is C17H20FNO2. The molecule has 0 bridgehead atoms. The fraction of sp³-hybridized carbons (Fsp3) is 0.294. The summed E-state index contributed by atoms with van der Waals surface area (Å²) in [5, 5.41) is 3.24. The molecule has 3 nitrogen and oxygen atoms in total. The van der Waals surface area contributed by atoms with Crippen LogP contribution < -0.4 is 14.8 Å². The minimum atomic E-state index is -0.239. The van der Waals surface area contributed by atoms with Gasteiger partial charge in [-0.15, -0.1) is 0 Å². The smallest absolute Gasteiger partial charge is 0.161 e. The maximum Gasteiger partial charge on any atom is 0.161 e. The van der Waals surface area contributed by atoms with Gasteiger partial charge in [0, 0.05) is 12.2 Å². The summed E-state index contributed by atoms with van der Waals surface area (Å²) in [4.78, 5) is 0. The van der Waals surface area contributed by atoms with Gasteiger partial charge < -0.3 is 14.8 Å². The molecule has 0 fully saturated rings. The maximum absolute atomic E-state index is 12.8. The van der Waals surface area contributed by atoms with Crippen LogP contribution in [0.1, 0.15) is 19.4 Å². The molecule has 0 aliphatic rings. The van der Waals surface area contributed by atoms with Crippen LogP contribution in [-0.4, -0.2) is 13.2 Å². The zero-order valence-corrected chi connectivity index (χ0v) is 12.5. The highest BCUT2D eigenvalue weighted by Gasteiger charge is 2.07. The Balaban J connectivity index is 2.05. The number of methoxy groups -OCH3 is 1. The molecule has 1 N–H and O–H groups in total. The van der Waals surface area contributed by atoms with Gasteiger partial charge in [-0.1, -0.05) is 6.07 Å². The molecule has 2 rings (SSSR count). The van der Waals surface area contributed by atoms with Gasteiger partial charge in [0.05, 0.1) is 13.2 Å². The Labute approximate surface area is 124 Å². The normalized spacial score (nSPS) is 10.5. The second-order valence-electron chi connectivity index (χ2n) is 5.01. The first kappa shape index (κ1) is 15.2. The minimum absolute atomic E-state index is 0.0992. The van der Waals surface area contributed by atoms with Crippen molar-refractivity contribution in [3.63, 3.8) is 0 Å². The Morgan fingerprint density at radius 3 is 2.38 bits per heavy atom. The van der Waals surface area contributed by atoms with Crippen molar-refractivity contribution in [1.29, 1.82) is 0 Å². The molecule has 0 spiro atoms. The molecule has 0 aliphatic heterocycles. The summed E-state index contributed by atoms with van der Waals surface area (Å²) in [7, 11) is 1.62. The van der Waals surface area contributed by atoms with Crippen LogP contribution in [0.4, 0.5) is 10.1 Å². The SMILES string of the molecule is COc1cc(CNc2ccc(F)cc2)ccc1OC(C)C. The molecule has 0 unspecified atom stereocenters. The molecule has 21 heavy (non-hydrogen) atoms. The average molecular weight is 289 g/mol. The van der Waals surface area contributed by atoms with Gasteiger partial charge >= 0.3 is 0 Å². The molecule has 0 saturated carbocycles. The predicted molar refractivity (Wildman–Crippen MR) is 82.5 cm³/mol. The van der Waals surface area contributed by atoms with E-state index in [4.69, 9.17) is 9.47 Å². The number of rotatable bonds is 6. The lowest BCUT2D eigenvalue weighted by atomic mass is 10.2. The topological polar surface area (TPSA) is 30.5 Å². The Hall–Kier alpha value is -2.23. The maximum atomic E-state index is 12.8. The first-order valence-electron chi connectivity index (χ1n) is 6.91. The van der Waals surface area contributed by atoms with Gasteiger partial charge in [-0.2, -0.15) is 0 Å². The van der Waals surface area contributed by atoms with Crippen molar-refractivity contribution in [2.45, 2.75) is 26.5 Å². The predicted octanol–water partition coefficient (Wildman–Crippen LogP) is 4.23. The van der Waals surface area contributed by atoms with Crippen LogP contribution in [0.3, 0.4) is 0 Å². The van der Waals surface area contributed by atoms with E-state index in [1.807, 2.05) is 32.0 Å². The highest BCUT2D eigenvalue weighted by atomic mass is 19.1. The second-order valence-corrected chi connectivity index (χ2v) is 5.01. The largest absolute Gasteiger partial charge is 0.493 e. The molecule has 0 radical (unpaired) electrons. The molecule has 4 heteroatoms. The molecule has 2 aromatic rings. The highest BCUT2D eigenvalue weighted by Crippen LogP contribution is 2.29. The Morgan fingerprint density at radius 2 is 1.76 bits per heavy atom. The van der Waals surface area contributed by atoms with Crippen LogP contribution in [-0.2, 0) is 6.54 Å². The third kappa shape index (κ3) is 4.38. The van der Waals surface area contributed by atoms with Gasteiger partial charge in [-0.25, -0.2) is 4.39 Å². The summed E-state index contributed by atoms with van der Waals surface area (Å²) in [6.07, 6.45) is 0.0992.